The molecule has 0 amide bonds. The average molecular weight is 249 g/mol. The summed E-state index contributed by atoms with van der Waals surface area (Å²) in [4.78, 5) is 0. The molecule has 1 atom stereocenters. The topological polar surface area (TPSA) is 21.3 Å². The lowest BCUT2D eigenvalue weighted by molar-refractivity contribution is 0.185. The molecule has 0 aliphatic carbocycles. The number of nitrogens with one attached hydrogen (secondary N) is 1. The molecule has 0 spiro atoms. The standard InChI is InChI=1S/C16H27NO/c1-4-5-6-7-14(2)17-12-15-8-10-16(11-9-15)13-18-3/h8-11,14,17H,4-7,12-13H2,1-3H3. The van der Waals surface area contributed by atoms with Crippen LogP contribution in [0.2, 0.25) is 0 Å². The van der Waals surface area contributed by atoms with Crippen LogP contribution in [0.1, 0.15) is 50.7 Å². The van der Waals surface area contributed by atoms with Crippen LogP contribution in [-0.2, 0) is 17.9 Å². The zero-order valence-corrected chi connectivity index (χ0v) is 12.0. The Kier molecular flexibility index (Phi) is 7.70. The summed E-state index contributed by atoms with van der Waals surface area (Å²) < 4.78 is 5.11. The molecule has 0 heterocycles. The Labute approximate surface area is 112 Å². The van der Waals surface area contributed by atoms with Gasteiger partial charge < -0.3 is 10.1 Å². The van der Waals surface area contributed by atoms with E-state index in [-0.39, 0.29) is 0 Å². The lowest BCUT2D eigenvalue weighted by atomic mass is 10.1. The van der Waals surface area contributed by atoms with Crippen LogP contribution in [0.25, 0.3) is 0 Å². The molecule has 0 saturated heterocycles. The molecule has 2 nitrogen and oxygen atoms in total. The molecular weight excluding hydrogens is 222 g/mol. The predicted octanol–water partition coefficient (Wildman–Crippen LogP) is 3.89. The monoisotopic (exact) mass is 249 g/mol. The SMILES string of the molecule is CCCCCC(C)NCc1ccc(COC)cc1. The third kappa shape index (κ3) is 6.18. The molecule has 2 heteroatoms. The average Bonchev–Trinajstić information content (AvgIpc) is 2.39. The highest BCUT2D eigenvalue weighted by atomic mass is 16.5. The first kappa shape index (κ1) is 15.2. The van der Waals surface area contributed by atoms with Crippen molar-refractivity contribution in [2.75, 3.05) is 7.11 Å². The normalized spacial score (nSPS) is 12.6. The Balaban J connectivity index is 2.25. The van der Waals surface area contributed by atoms with Crippen LogP contribution in [0, 0.1) is 0 Å². The second-order valence-corrected chi connectivity index (χ2v) is 5.03. The highest BCUT2D eigenvalue weighted by molar-refractivity contribution is 5.21. The van der Waals surface area contributed by atoms with Gasteiger partial charge in [-0.1, -0.05) is 50.5 Å². The van der Waals surface area contributed by atoms with Crippen molar-refractivity contribution in [1.82, 2.24) is 5.32 Å². The summed E-state index contributed by atoms with van der Waals surface area (Å²) in [5.74, 6) is 0. The third-order valence-electron chi connectivity index (χ3n) is 3.23. The molecule has 0 aromatic heterocycles. The number of rotatable bonds is 9. The zero-order valence-electron chi connectivity index (χ0n) is 12.0. The Morgan fingerprint density at radius 3 is 2.39 bits per heavy atom. The van der Waals surface area contributed by atoms with Gasteiger partial charge in [0.2, 0.25) is 0 Å². The Bertz CT molecular complexity index is 307. The zero-order chi connectivity index (χ0) is 13.2. The van der Waals surface area contributed by atoms with Crippen LogP contribution in [0.15, 0.2) is 24.3 Å². The van der Waals surface area contributed by atoms with Crippen LogP contribution in [0.5, 0.6) is 0 Å². The molecule has 0 saturated carbocycles. The summed E-state index contributed by atoms with van der Waals surface area (Å²) in [5, 5.41) is 3.58. The van der Waals surface area contributed by atoms with Gasteiger partial charge in [-0.2, -0.15) is 0 Å². The van der Waals surface area contributed by atoms with Gasteiger partial charge in [-0.05, 0) is 24.5 Å². The van der Waals surface area contributed by atoms with E-state index in [1.165, 1.54) is 36.8 Å². The second kappa shape index (κ2) is 9.12. The van der Waals surface area contributed by atoms with Gasteiger partial charge in [-0.25, -0.2) is 0 Å². The van der Waals surface area contributed by atoms with Crippen molar-refractivity contribution in [2.45, 2.75) is 58.7 Å². The second-order valence-electron chi connectivity index (χ2n) is 5.03. The maximum absolute atomic E-state index is 5.11. The van der Waals surface area contributed by atoms with Gasteiger partial charge in [0.15, 0.2) is 0 Å². The first-order valence-electron chi connectivity index (χ1n) is 7.06. The van der Waals surface area contributed by atoms with Crippen molar-refractivity contribution < 1.29 is 4.74 Å². The summed E-state index contributed by atoms with van der Waals surface area (Å²) in [6.45, 7) is 6.18. The molecule has 1 N–H and O–H groups in total. The molecule has 0 aliphatic rings. The van der Waals surface area contributed by atoms with E-state index < -0.39 is 0 Å². The number of hydrogen-bond acceptors (Lipinski definition) is 2. The molecule has 0 radical (unpaired) electrons. The van der Waals surface area contributed by atoms with Crippen LogP contribution >= 0.6 is 0 Å². The van der Waals surface area contributed by atoms with Crippen LogP contribution in [0.4, 0.5) is 0 Å². The fraction of sp³-hybridized carbons (Fsp3) is 0.625. The summed E-state index contributed by atoms with van der Waals surface area (Å²) in [6.07, 6.45) is 5.25. The van der Waals surface area contributed by atoms with Crippen LogP contribution in [-0.4, -0.2) is 13.2 Å². The molecule has 1 rings (SSSR count). The number of methoxy groups -OCH3 is 1. The smallest absolute Gasteiger partial charge is 0.0713 e. The Morgan fingerprint density at radius 2 is 1.78 bits per heavy atom. The molecule has 1 aromatic carbocycles. The molecule has 0 aliphatic heterocycles. The molecule has 1 unspecified atom stereocenters. The Morgan fingerprint density at radius 1 is 1.11 bits per heavy atom. The minimum Gasteiger partial charge on any atom is -0.380 e. The summed E-state index contributed by atoms with van der Waals surface area (Å²) in [5.41, 5.74) is 2.58. The lowest BCUT2D eigenvalue weighted by Gasteiger charge is -2.13. The van der Waals surface area contributed by atoms with Gasteiger partial charge in [0.25, 0.3) is 0 Å². The first-order chi connectivity index (χ1) is 8.76. The van der Waals surface area contributed by atoms with Crippen molar-refractivity contribution in [1.29, 1.82) is 0 Å². The maximum atomic E-state index is 5.11. The molecule has 0 fully saturated rings. The number of benzene rings is 1. The molecule has 0 bridgehead atoms. The van der Waals surface area contributed by atoms with Crippen molar-refractivity contribution in [3.05, 3.63) is 35.4 Å². The predicted molar refractivity (Wildman–Crippen MR) is 77.6 cm³/mol. The van der Waals surface area contributed by atoms with E-state index in [9.17, 15) is 0 Å². The van der Waals surface area contributed by atoms with E-state index in [0.717, 1.165) is 6.54 Å². The molecule has 1 aromatic rings. The van der Waals surface area contributed by atoms with Crippen molar-refractivity contribution in [3.8, 4) is 0 Å². The van der Waals surface area contributed by atoms with Gasteiger partial charge >= 0.3 is 0 Å². The largest absolute Gasteiger partial charge is 0.380 e. The number of unbranched alkanes of at least 4 members (excludes halogenated alkanes) is 2. The maximum Gasteiger partial charge on any atom is 0.0713 e. The van der Waals surface area contributed by atoms with Crippen LogP contribution in [0.3, 0.4) is 0 Å². The van der Waals surface area contributed by atoms with Gasteiger partial charge in [0, 0.05) is 19.7 Å². The third-order valence-corrected chi connectivity index (χ3v) is 3.23. The summed E-state index contributed by atoms with van der Waals surface area (Å²) in [6, 6.07) is 9.25. The molecular formula is C16H27NO. The van der Waals surface area contributed by atoms with E-state index in [2.05, 4.69) is 43.4 Å². The number of hydrogen-bond donors (Lipinski definition) is 1. The van der Waals surface area contributed by atoms with Gasteiger partial charge in [-0.15, -0.1) is 0 Å². The van der Waals surface area contributed by atoms with Gasteiger partial charge in [-0.3, -0.25) is 0 Å². The van der Waals surface area contributed by atoms with Gasteiger partial charge in [0.1, 0.15) is 0 Å². The highest BCUT2D eigenvalue weighted by Crippen LogP contribution is 2.07. The van der Waals surface area contributed by atoms with E-state index >= 15 is 0 Å². The van der Waals surface area contributed by atoms with Crippen molar-refractivity contribution >= 4 is 0 Å². The van der Waals surface area contributed by atoms with E-state index in [1.807, 2.05) is 0 Å². The highest BCUT2D eigenvalue weighted by Gasteiger charge is 2.01. The van der Waals surface area contributed by atoms with Crippen molar-refractivity contribution in [3.63, 3.8) is 0 Å². The fourth-order valence-electron chi connectivity index (χ4n) is 2.01. The molecule has 102 valence electrons. The molecule has 18 heavy (non-hydrogen) atoms. The number of ether oxygens (including phenoxy) is 1. The quantitative estimate of drug-likeness (QED) is 0.670. The van der Waals surface area contributed by atoms with E-state index in [0.29, 0.717) is 12.6 Å². The van der Waals surface area contributed by atoms with E-state index in [4.69, 9.17) is 4.74 Å². The summed E-state index contributed by atoms with van der Waals surface area (Å²) >= 11 is 0. The van der Waals surface area contributed by atoms with Crippen molar-refractivity contribution in [2.24, 2.45) is 0 Å². The lowest BCUT2D eigenvalue weighted by Crippen LogP contribution is -2.25. The minimum absolute atomic E-state index is 0.607. The van der Waals surface area contributed by atoms with Crippen LogP contribution < -0.4 is 5.32 Å². The summed E-state index contributed by atoms with van der Waals surface area (Å²) in [7, 11) is 1.73. The van der Waals surface area contributed by atoms with Gasteiger partial charge in [0.05, 0.1) is 6.61 Å². The fourth-order valence-corrected chi connectivity index (χ4v) is 2.01. The minimum atomic E-state index is 0.607. The Hall–Kier alpha value is -0.860. The van der Waals surface area contributed by atoms with E-state index in [1.54, 1.807) is 7.11 Å². The first-order valence-corrected chi connectivity index (χ1v) is 7.06.